The number of aromatic nitrogens is 3. The minimum absolute atomic E-state index is 0.00786. The van der Waals surface area contributed by atoms with E-state index in [2.05, 4.69) is 4.98 Å². The van der Waals surface area contributed by atoms with E-state index in [-0.39, 0.29) is 29.0 Å². The zero-order valence-electron chi connectivity index (χ0n) is 18.4. The Hall–Kier alpha value is -4.17. The predicted molar refractivity (Wildman–Crippen MR) is 127 cm³/mol. The normalized spacial score (nSPS) is 11.7. The molecule has 2 aromatic heterocycles. The van der Waals surface area contributed by atoms with E-state index in [0.29, 0.717) is 12.3 Å². The maximum atomic E-state index is 13.4. The van der Waals surface area contributed by atoms with E-state index >= 15 is 0 Å². The van der Waals surface area contributed by atoms with Crippen molar-refractivity contribution >= 4 is 11.0 Å². The zero-order valence-corrected chi connectivity index (χ0v) is 18.4. The fraction of sp³-hybridized carbons (Fsp3) is 0.111. The van der Waals surface area contributed by atoms with E-state index in [1.807, 2.05) is 60.7 Å². The summed E-state index contributed by atoms with van der Waals surface area (Å²) >= 11 is 0. The average molecular weight is 475 g/mol. The average Bonchev–Trinajstić information content (AvgIpc) is 3.27. The van der Waals surface area contributed by atoms with Crippen molar-refractivity contribution in [3.63, 3.8) is 0 Å². The van der Waals surface area contributed by atoms with E-state index in [1.54, 1.807) is 16.7 Å². The van der Waals surface area contributed by atoms with Crippen LogP contribution in [0.4, 0.5) is 13.2 Å². The Kier molecular flexibility index (Phi) is 5.96. The van der Waals surface area contributed by atoms with Gasteiger partial charge in [0.05, 0.1) is 23.3 Å². The topological polar surface area (TPSA) is 49.0 Å². The number of hydrogen-bond acceptors (Lipinski definition) is 3. The Bertz CT molecular complexity index is 1520. The molecule has 35 heavy (non-hydrogen) atoms. The molecule has 5 nitrogen and oxygen atoms in total. The van der Waals surface area contributed by atoms with Crippen molar-refractivity contribution in [2.45, 2.75) is 19.5 Å². The lowest BCUT2D eigenvalue weighted by molar-refractivity contribution is -0.137. The maximum absolute atomic E-state index is 13.4. The highest BCUT2D eigenvalue weighted by molar-refractivity contribution is 5.85. The number of nitrogens with zero attached hydrogens (tertiary/aromatic N) is 3. The molecule has 0 atom stereocenters. The van der Waals surface area contributed by atoms with Crippen molar-refractivity contribution in [3.8, 4) is 16.9 Å². The minimum Gasteiger partial charge on any atom is -0.356 e. The smallest absolute Gasteiger partial charge is 0.356 e. The van der Waals surface area contributed by atoms with Crippen LogP contribution in [0.25, 0.3) is 28.0 Å². The minimum atomic E-state index is -4.50. The van der Waals surface area contributed by atoms with E-state index in [9.17, 15) is 18.0 Å². The van der Waals surface area contributed by atoms with Crippen LogP contribution in [0.1, 0.15) is 11.1 Å². The van der Waals surface area contributed by atoms with Crippen LogP contribution in [0.2, 0.25) is 0 Å². The first-order valence-electron chi connectivity index (χ1n) is 10.9. The SMILES string of the molecule is O=c1c2cc(-c3ccccc3)n(-c3cccc(C(F)(F)F)c3)c2ncn1COCc1ccccc1. The second-order valence-corrected chi connectivity index (χ2v) is 8.00. The Labute approximate surface area is 198 Å². The number of hydrogen-bond donors (Lipinski definition) is 0. The molecule has 0 unspecified atom stereocenters. The summed E-state index contributed by atoms with van der Waals surface area (Å²) in [5, 5.41) is 0.284. The Morgan fingerprint density at radius 2 is 1.57 bits per heavy atom. The molecular formula is C27H20F3N3O2. The van der Waals surface area contributed by atoms with Gasteiger partial charge in [-0.3, -0.25) is 13.9 Å². The van der Waals surface area contributed by atoms with Crippen LogP contribution < -0.4 is 5.56 Å². The first kappa shape index (κ1) is 22.6. The summed E-state index contributed by atoms with van der Waals surface area (Å²) in [6.45, 7) is 0.317. The fourth-order valence-electron chi connectivity index (χ4n) is 3.95. The lowest BCUT2D eigenvalue weighted by Crippen LogP contribution is -2.21. The van der Waals surface area contributed by atoms with Gasteiger partial charge in [0.15, 0.2) is 5.65 Å². The second-order valence-electron chi connectivity index (χ2n) is 8.00. The van der Waals surface area contributed by atoms with E-state index in [0.717, 1.165) is 23.3 Å². The third kappa shape index (κ3) is 4.61. The van der Waals surface area contributed by atoms with Gasteiger partial charge in [-0.05, 0) is 35.4 Å². The van der Waals surface area contributed by atoms with Gasteiger partial charge in [0.1, 0.15) is 13.1 Å². The monoisotopic (exact) mass is 475 g/mol. The first-order chi connectivity index (χ1) is 16.9. The quantitative estimate of drug-likeness (QED) is 0.301. The molecule has 176 valence electrons. The highest BCUT2D eigenvalue weighted by atomic mass is 19.4. The lowest BCUT2D eigenvalue weighted by atomic mass is 10.1. The number of fused-ring (bicyclic) bond motifs is 1. The molecule has 0 aliphatic heterocycles. The molecule has 0 saturated heterocycles. The Morgan fingerprint density at radius 1 is 0.857 bits per heavy atom. The molecule has 0 aliphatic rings. The molecule has 0 radical (unpaired) electrons. The van der Waals surface area contributed by atoms with Gasteiger partial charge < -0.3 is 4.74 Å². The molecule has 0 amide bonds. The summed E-state index contributed by atoms with van der Waals surface area (Å²) in [7, 11) is 0. The molecule has 2 heterocycles. The number of benzene rings is 3. The summed E-state index contributed by atoms with van der Waals surface area (Å²) in [5.41, 5.74) is 1.69. The van der Waals surface area contributed by atoms with Gasteiger partial charge in [-0.25, -0.2) is 4.98 Å². The molecule has 5 aromatic rings. The molecule has 0 aliphatic carbocycles. The second kappa shape index (κ2) is 9.23. The molecule has 0 N–H and O–H groups in total. The number of halogens is 3. The summed E-state index contributed by atoms with van der Waals surface area (Å²) < 4.78 is 48.8. The van der Waals surface area contributed by atoms with Crippen LogP contribution in [0.15, 0.2) is 102 Å². The van der Waals surface area contributed by atoms with Crippen molar-refractivity contribution in [2.24, 2.45) is 0 Å². The van der Waals surface area contributed by atoms with Crippen molar-refractivity contribution in [1.82, 2.24) is 14.1 Å². The van der Waals surface area contributed by atoms with Gasteiger partial charge in [-0.1, -0.05) is 66.7 Å². The van der Waals surface area contributed by atoms with Crippen LogP contribution in [-0.2, 0) is 24.3 Å². The van der Waals surface area contributed by atoms with Crippen LogP contribution in [0, 0.1) is 0 Å². The molecule has 0 fully saturated rings. The van der Waals surface area contributed by atoms with E-state index < -0.39 is 11.7 Å². The van der Waals surface area contributed by atoms with Gasteiger partial charge in [0.2, 0.25) is 0 Å². The highest BCUT2D eigenvalue weighted by Crippen LogP contribution is 2.33. The molecular weight excluding hydrogens is 455 g/mol. The molecule has 0 spiro atoms. The van der Waals surface area contributed by atoms with Crippen LogP contribution in [0.3, 0.4) is 0 Å². The summed E-state index contributed by atoms with van der Waals surface area (Å²) in [4.78, 5) is 17.7. The van der Waals surface area contributed by atoms with Crippen molar-refractivity contribution in [3.05, 3.63) is 119 Å². The largest absolute Gasteiger partial charge is 0.416 e. The molecule has 8 heteroatoms. The van der Waals surface area contributed by atoms with Crippen LogP contribution in [-0.4, -0.2) is 14.1 Å². The molecule has 0 saturated carbocycles. The number of alkyl halides is 3. The predicted octanol–water partition coefficient (Wildman–Crippen LogP) is 6.05. The van der Waals surface area contributed by atoms with Gasteiger partial charge in [-0.2, -0.15) is 13.2 Å². The number of ether oxygens (including phenoxy) is 1. The summed E-state index contributed by atoms with van der Waals surface area (Å²) in [6, 6.07) is 25.4. The summed E-state index contributed by atoms with van der Waals surface area (Å²) in [5.74, 6) is 0. The Balaban J connectivity index is 1.59. The fourth-order valence-corrected chi connectivity index (χ4v) is 3.95. The Morgan fingerprint density at radius 3 is 2.29 bits per heavy atom. The van der Waals surface area contributed by atoms with Gasteiger partial charge in [0.25, 0.3) is 5.56 Å². The zero-order chi connectivity index (χ0) is 24.4. The highest BCUT2D eigenvalue weighted by Gasteiger charge is 2.31. The maximum Gasteiger partial charge on any atom is 0.416 e. The van der Waals surface area contributed by atoms with Crippen molar-refractivity contribution in [1.29, 1.82) is 0 Å². The van der Waals surface area contributed by atoms with Gasteiger partial charge in [-0.15, -0.1) is 0 Å². The van der Waals surface area contributed by atoms with Gasteiger partial charge in [0, 0.05) is 5.69 Å². The standard InChI is InChI=1S/C27H20F3N3O2/c28-27(29,30)21-12-7-13-22(14-21)33-24(20-10-5-2-6-11-20)15-23-25(33)31-17-32(26(23)34)18-35-16-19-8-3-1-4-9-19/h1-15,17H,16,18H2. The molecule has 5 rings (SSSR count). The number of rotatable bonds is 6. The van der Waals surface area contributed by atoms with Gasteiger partial charge >= 0.3 is 6.18 Å². The first-order valence-corrected chi connectivity index (χ1v) is 10.9. The lowest BCUT2D eigenvalue weighted by Gasteiger charge is -2.13. The molecule has 3 aromatic carbocycles. The summed E-state index contributed by atoms with van der Waals surface area (Å²) in [6.07, 6.45) is -3.14. The van der Waals surface area contributed by atoms with Crippen molar-refractivity contribution in [2.75, 3.05) is 0 Å². The van der Waals surface area contributed by atoms with Crippen LogP contribution in [0.5, 0.6) is 0 Å². The molecule has 0 bridgehead atoms. The van der Waals surface area contributed by atoms with Crippen LogP contribution >= 0.6 is 0 Å². The van der Waals surface area contributed by atoms with E-state index in [1.165, 1.54) is 17.0 Å². The van der Waals surface area contributed by atoms with E-state index in [4.69, 9.17) is 4.74 Å². The third-order valence-corrected chi connectivity index (χ3v) is 5.63. The van der Waals surface area contributed by atoms with Crippen molar-refractivity contribution < 1.29 is 17.9 Å². The third-order valence-electron chi connectivity index (χ3n) is 5.63.